The van der Waals surface area contributed by atoms with E-state index in [0.717, 1.165) is 0 Å². The van der Waals surface area contributed by atoms with E-state index >= 15 is 0 Å². The summed E-state index contributed by atoms with van der Waals surface area (Å²) in [5, 5.41) is 2.22. The lowest BCUT2D eigenvalue weighted by Crippen LogP contribution is -1.86. The zero-order valence-electron chi connectivity index (χ0n) is 14.1. The molecular formula is C20H30S. The molecule has 0 aliphatic rings. The monoisotopic (exact) mass is 302 g/mol. The van der Waals surface area contributed by atoms with Crippen LogP contribution >= 0.6 is 11.3 Å². The van der Waals surface area contributed by atoms with Gasteiger partial charge in [-0.15, -0.1) is 11.3 Å². The molecule has 1 aromatic rings. The van der Waals surface area contributed by atoms with Gasteiger partial charge < -0.3 is 0 Å². The second-order valence-electron chi connectivity index (χ2n) is 5.56. The lowest BCUT2D eigenvalue weighted by atomic mass is 10.0. The van der Waals surface area contributed by atoms with Crippen molar-refractivity contribution in [1.82, 2.24) is 0 Å². The van der Waals surface area contributed by atoms with Crippen molar-refractivity contribution in [2.75, 3.05) is 0 Å². The molecule has 1 heteroatoms. The molecule has 1 aromatic heterocycles. The fourth-order valence-electron chi connectivity index (χ4n) is 2.36. The summed E-state index contributed by atoms with van der Waals surface area (Å²) in [7, 11) is 0. The van der Waals surface area contributed by atoms with Crippen LogP contribution in [0.1, 0.15) is 70.2 Å². The van der Waals surface area contributed by atoms with Crippen LogP contribution < -0.4 is 0 Å². The second-order valence-corrected chi connectivity index (χ2v) is 6.51. The van der Waals surface area contributed by atoms with Crippen LogP contribution in [0.2, 0.25) is 0 Å². The third-order valence-electron chi connectivity index (χ3n) is 3.74. The van der Waals surface area contributed by atoms with Gasteiger partial charge in [0, 0.05) is 4.88 Å². The van der Waals surface area contributed by atoms with Gasteiger partial charge in [0.25, 0.3) is 0 Å². The minimum atomic E-state index is 1.18. The first-order valence-corrected chi connectivity index (χ1v) is 9.17. The molecule has 0 bridgehead atoms. The van der Waals surface area contributed by atoms with Crippen LogP contribution in [0.5, 0.6) is 0 Å². The van der Waals surface area contributed by atoms with E-state index < -0.39 is 0 Å². The largest absolute Gasteiger partial charge is 0.144 e. The Kier molecular flexibility index (Phi) is 9.09. The molecule has 0 saturated heterocycles. The Morgan fingerprint density at radius 3 is 2.57 bits per heavy atom. The van der Waals surface area contributed by atoms with Crippen molar-refractivity contribution >= 4 is 17.4 Å². The highest BCUT2D eigenvalue weighted by atomic mass is 32.1. The van der Waals surface area contributed by atoms with Crippen molar-refractivity contribution in [2.24, 2.45) is 0 Å². The lowest BCUT2D eigenvalue weighted by molar-refractivity contribution is 0.794. The maximum Gasteiger partial charge on any atom is 0.0302 e. The van der Waals surface area contributed by atoms with Crippen LogP contribution in [0.4, 0.5) is 0 Å². The number of thiophene rings is 1. The van der Waals surface area contributed by atoms with Gasteiger partial charge in [-0.25, -0.2) is 0 Å². The van der Waals surface area contributed by atoms with Crippen molar-refractivity contribution in [1.29, 1.82) is 0 Å². The Morgan fingerprint density at radius 2 is 1.90 bits per heavy atom. The van der Waals surface area contributed by atoms with Gasteiger partial charge >= 0.3 is 0 Å². The van der Waals surface area contributed by atoms with Gasteiger partial charge in [0.2, 0.25) is 0 Å². The Bertz CT molecular complexity index is 486. The summed E-state index contributed by atoms with van der Waals surface area (Å²) < 4.78 is 0. The van der Waals surface area contributed by atoms with Crippen molar-refractivity contribution in [3.63, 3.8) is 0 Å². The first-order chi connectivity index (χ1) is 10.2. The summed E-state index contributed by atoms with van der Waals surface area (Å²) in [5.41, 5.74) is 4.38. The Hall–Kier alpha value is -1.08. The van der Waals surface area contributed by atoms with E-state index in [4.69, 9.17) is 0 Å². The van der Waals surface area contributed by atoms with E-state index in [1.54, 1.807) is 0 Å². The normalized spacial score (nSPS) is 13.3. The first-order valence-electron chi connectivity index (χ1n) is 8.29. The van der Waals surface area contributed by atoms with Crippen LogP contribution in [0, 0.1) is 0 Å². The van der Waals surface area contributed by atoms with Gasteiger partial charge in [0.05, 0.1) is 0 Å². The maximum atomic E-state index is 2.31. The summed E-state index contributed by atoms with van der Waals surface area (Å²) in [6.07, 6.45) is 16.5. The maximum absolute atomic E-state index is 2.31. The molecule has 0 aliphatic heterocycles. The molecule has 1 heterocycles. The predicted molar refractivity (Wildman–Crippen MR) is 99.0 cm³/mol. The lowest BCUT2D eigenvalue weighted by Gasteiger charge is -2.05. The van der Waals surface area contributed by atoms with E-state index in [1.165, 1.54) is 60.1 Å². The third-order valence-corrected chi connectivity index (χ3v) is 4.66. The average Bonchev–Trinajstić information content (AvgIpc) is 2.94. The molecule has 0 aromatic carbocycles. The first kappa shape index (κ1) is 18.0. The summed E-state index contributed by atoms with van der Waals surface area (Å²) in [6.45, 7) is 8.85. The molecule has 0 unspecified atom stereocenters. The topological polar surface area (TPSA) is 0 Å². The Morgan fingerprint density at radius 1 is 1.14 bits per heavy atom. The molecule has 0 nitrogen and oxygen atoms in total. The zero-order valence-corrected chi connectivity index (χ0v) is 14.9. The standard InChI is InChI=1S/C20H30S/c1-5-8-11-18(10-7-3)17(4)13-14-20-19(12-9-6-2)15-16-21-20/h7,10,13-16H,5-6,8-9,11-12H2,1-4H3/b10-7-,14-13+,18-17-. The quantitative estimate of drug-likeness (QED) is 0.423. The van der Waals surface area contributed by atoms with Crippen molar-refractivity contribution < 1.29 is 0 Å². The van der Waals surface area contributed by atoms with E-state index in [-0.39, 0.29) is 0 Å². The molecule has 0 N–H and O–H groups in total. The second kappa shape index (κ2) is 10.6. The number of unbranched alkanes of at least 4 members (excludes halogenated alkanes) is 2. The van der Waals surface area contributed by atoms with Crippen molar-refractivity contribution in [2.45, 2.75) is 66.2 Å². The molecular weight excluding hydrogens is 272 g/mol. The summed E-state index contributed by atoms with van der Waals surface area (Å²) >= 11 is 1.86. The SMILES string of the molecule is C\C=C/C(CCCC)=C(C)/C=C/c1sccc1CCCC. The van der Waals surface area contributed by atoms with Gasteiger partial charge in [-0.2, -0.15) is 0 Å². The Balaban J connectivity index is 2.83. The highest BCUT2D eigenvalue weighted by Crippen LogP contribution is 2.22. The molecule has 0 amide bonds. The van der Waals surface area contributed by atoms with Crippen molar-refractivity contribution in [3.05, 3.63) is 51.3 Å². The summed E-state index contributed by atoms with van der Waals surface area (Å²) in [5.74, 6) is 0. The van der Waals surface area contributed by atoms with Crippen LogP contribution in [0.25, 0.3) is 6.08 Å². The number of aryl methyl sites for hydroxylation is 1. The van der Waals surface area contributed by atoms with Crippen molar-refractivity contribution in [3.8, 4) is 0 Å². The van der Waals surface area contributed by atoms with Crippen LogP contribution in [0.3, 0.4) is 0 Å². The molecule has 0 saturated carbocycles. The van der Waals surface area contributed by atoms with Gasteiger partial charge in [0.15, 0.2) is 0 Å². The molecule has 0 aliphatic carbocycles. The average molecular weight is 303 g/mol. The summed E-state index contributed by atoms with van der Waals surface area (Å²) in [4.78, 5) is 1.43. The molecule has 1 rings (SSSR count). The van der Waals surface area contributed by atoms with Gasteiger partial charge in [0.1, 0.15) is 0 Å². The minimum absolute atomic E-state index is 1.18. The molecule has 21 heavy (non-hydrogen) atoms. The van der Waals surface area contributed by atoms with E-state index in [0.29, 0.717) is 0 Å². The minimum Gasteiger partial charge on any atom is -0.144 e. The molecule has 0 spiro atoms. The third kappa shape index (κ3) is 6.48. The molecule has 116 valence electrons. The van der Waals surface area contributed by atoms with Crippen LogP contribution in [-0.4, -0.2) is 0 Å². The van der Waals surface area contributed by atoms with E-state index in [1.807, 2.05) is 11.3 Å². The van der Waals surface area contributed by atoms with E-state index in [9.17, 15) is 0 Å². The zero-order chi connectivity index (χ0) is 15.5. The molecule has 0 atom stereocenters. The highest BCUT2D eigenvalue weighted by Gasteiger charge is 2.01. The predicted octanol–water partition coefficient (Wildman–Crippen LogP) is 7.19. The summed E-state index contributed by atoms with van der Waals surface area (Å²) in [6, 6.07) is 2.28. The van der Waals surface area contributed by atoms with E-state index in [2.05, 4.69) is 63.4 Å². The fourth-order valence-corrected chi connectivity index (χ4v) is 3.20. The number of hydrogen-bond donors (Lipinski definition) is 0. The molecule has 0 radical (unpaired) electrons. The number of allylic oxidation sites excluding steroid dienone is 5. The van der Waals surface area contributed by atoms with Gasteiger partial charge in [-0.05, 0) is 73.8 Å². The van der Waals surface area contributed by atoms with Gasteiger partial charge in [-0.3, -0.25) is 0 Å². The number of hydrogen-bond acceptors (Lipinski definition) is 1. The van der Waals surface area contributed by atoms with Gasteiger partial charge in [-0.1, -0.05) is 44.9 Å². The van der Waals surface area contributed by atoms with Crippen LogP contribution in [0.15, 0.2) is 40.8 Å². The fraction of sp³-hybridized carbons (Fsp3) is 0.500. The van der Waals surface area contributed by atoms with Crippen LogP contribution in [-0.2, 0) is 6.42 Å². The number of rotatable bonds is 9. The Labute approximate surface area is 135 Å². The smallest absolute Gasteiger partial charge is 0.0302 e. The highest BCUT2D eigenvalue weighted by molar-refractivity contribution is 7.11. The molecule has 0 fully saturated rings.